The number of rotatable bonds is 8. The molecule has 1 aromatic carbocycles. The van der Waals surface area contributed by atoms with Gasteiger partial charge in [-0.3, -0.25) is 9.59 Å². The van der Waals surface area contributed by atoms with Crippen molar-refractivity contribution in [3.8, 4) is 0 Å². The van der Waals surface area contributed by atoms with Gasteiger partial charge in [-0.25, -0.2) is 0 Å². The summed E-state index contributed by atoms with van der Waals surface area (Å²) in [5.74, 6) is -0.724. The maximum absolute atomic E-state index is 12.0. The summed E-state index contributed by atoms with van der Waals surface area (Å²) in [6.07, 6.45) is -0.814. The molecule has 122 valence electrons. The number of carbonyl (C=O) groups excluding carboxylic acids is 2. The molecule has 1 rings (SSSR count). The van der Waals surface area contributed by atoms with Crippen LogP contribution in [0.2, 0.25) is 0 Å². The van der Waals surface area contributed by atoms with Crippen LogP contribution in [0, 0.1) is 6.92 Å². The van der Waals surface area contributed by atoms with Crippen LogP contribution < -0.4 is 5.32 Å². The van der Waals surface area contributed by atoms with E-state index in [2.05, 4.69) is 5.32 Å². The average Bonchev–Trinajstić information content (AvgIpc) is 2.49. The van der Waals surface area contributed by atoms with Gasteiger partial charge in [0.2, 0.25) is 0 Å². The molecule has 1 N–H and O–H groups in total. The van der Waals surface area contributed by atoms with Crippen molar-refractivity contribution in [1.29, 1.82) is 0 Å². The van der Waals surface area contributed by atoms with E-state index in [1.807, 2.05) is 31.2 Å². The lowest BCUT2D eigenvalue weighted by molar-refractivity contribution is -0.154. The Bertz CT molecular complexity index is 489. The molecule has 0 bridgehead atoms. The molecular weight excluding hydrogens is 302 g/mol. The van der Waals surface area contributed by atoms with Crippen molar-refractivity contribution in [3.05, 3.63) is 29.8 Å². The van der Waals surface area contributed by atoms with Crippen molar-refractivity contribution < 1.29 is 19.1 Å². The molecular formula is C16H23NO4S. The van der Waals surface area contributed by atoms with E-state index in [0.717, 1.165) is 4.90 Å². The predicted molar refractivity (Wildman–Crippen MR) is 86.9 cm³/mol. The number of benzene rings is 1. The van der Waals surface area contributed by atoms with E-state index in [4.69, 9.17) is 9.47 Å². The summed E-state index contributed by atoms with van der Waals surface area (Å²) in [5.41, 5.74) is 1.17. The molecule has 0 unspecified atom stereocenters. The van der Waals surface area contributed by atoms with E-state index in [1.54, 1.807) is 21.0 Å². The highest BCUT2D eigenvalue weighted by Gasteiger charge is 2.22. The molecule has 22 heavy (non-hydrogen) atoms. The molecule has 5 nitrogen and oxygen atoms in total. The van der Waals surface area contributed by atoms with Crippen molar-refractivity contribution in [2.45, 2.75) is 37.0 Å². The normalized spacial score (nSPS) is 13.3. The summed E-state index contributed by atoms with van der Waals surface area (Å²) in [5, 5.41) is 2.26. The first-order valence-corrected chi connectivity index (χ1v) is 8.02. The van der Waals surface area contributed by atoms with Gasteiger partial charge in [0.15, 0.2) is 6.10 Å². The summed E-state index contributed by atoms with van der Waals surface area (Å²) >= 11 is 1.41. The van der Waals surface area contributed by atoms with Gasteiger partial charge in [-0.2, -0.15) is 0 Å². The van der Waals surface area contributed by atoms with E-state index >= 15 is 0 Å². The van der Waals surface area contributed by atoms with E-state index in [0.29, 0.717) is 13.2 Å². The lowest BCUT2D eigenvalue weighted by Crippen LogP contribution is -2.38. The molecule has 0 saturated heterocycles. The van der Waals surface area contributed by atoms with E-state index in [1.165, 1.54) is 17.3 Å². The first-order valence-electron chi connectivity index (χ1n) is 7.14. The quantitative estimate of drug-likeness (QED) is 0.451. The number of amides is 1. The second kappa shape index (κ2) is 9.48. The van der Waals surface area contributed by atoms with Gasteiger partial charge < -0.3 is 14.8 Å². The summed E-state index contributed by atoms with van der Waals surface area (Å²) in [7, 11) is 1.56. The summed E-state index contributed by atoms with van der Waals surface area (Å²) < 4.78 is 10.0. The van der Waals surface area contributed by atoms with Crippen molar-refractivity contribution in [2.24, 2.45) is 0 Å². The molecule has 0 aliphatic heterocycles. The zero-order valence-electron chi connectivity index (χ0n) is 13.4. The van der Waals surface area contributed by atoms with Gasteiger partial charge in [0, 0.05) is 18.6 Å². The highest BCUT2D eigenvalue weighted by Crippen LogP contribution is 2.24. The zero-order chi connectivity index (χ0) is 16.5. The first kappa shape index (κ1) is 18.5. The van der Waals surface area contributed by atoms with Crippen LogP contribution in [0.15, 0.2) is 29.2 Å². The number of hydrogen-bond donors (Lipinski definition) is 1. The van der Waals surface area contributed by atoms with Crippen molar-refractivity contribution in [2.75, 3.05) is 20.3 Å². The minimum absolute atomic E-state index is 0.321. The van der Waals surface area contributed by atoms with Gasteiger partial charge in [-0.15, -0.1) is 11.8 Å². The number of hydrogen-bond acceptors (Lipinski definition) is 5. The van der Waals surface area contributed by atoms with Crippen LogP contribution in [0.25, 0.3) is 0 Å². The van der Waals surface area contributed by atoms with Crippen LogP contribution in [-0.4, -0.2) is 43.5 Å². The first-order chi connectivity index (χ1) is 10.4. The third-order valence-corrected chi connectivity index (χ3v) is 4.02. The van der Waals surface area contributed by atoms with Crippen LogP contribution in [0.5, 0.6) is 0 Å². The Balaban J connectivity index is 2.42. The van der Waals surface area contributed by atoms with Gasteiger partial charge in [0.05, 0.1) is 6.61 Å². The molecule has 0 radical (unpaired) electrons. The Labute approximate surface area is 135 Å². The van der Waals surface area contributed by atoms with Crippen molar-refractivity contribution >= 4 is 23.6 Å². The zero-order valence-corrected chi connectivity index (χ0v) is 14.2. The Kier molecular flexibility index (Phi) is 7.98. The minimum atomic E-state index is -0.814. The molecule has 0 spiro atoms. The van der Waals surface area contributed by atoms with E-state index in [-0.39, 0.29) is 11.2 Å². The van der Waals surface area contributed by atoms with Crippen molar-refractivity contribution in [3.63, 3.8) is 0 Å². The maximum atomic E-state index is 12.0. The fourth-order valence-corrected chi connectivity index (χ4v) is 2.47. The minimum Gasteiger partial charge on any atom is -0.452 e. The second-order valence-corrected chi connectivity index (χ2v) is 6.35. The monoisotopic (exact) mass is 325 g/mol. The Morgan fingerprint density at radius 3 is 2.45 bits per heavy atom. The molecule has 0 saturated carbocycles. The number of methoxy groups -OCH3 is 1. The summed E-state index contributed by atoms with van der Waals surface area (Å²) in [4.78, 5) is 24.7. The topological polar surface area (TPSA) is 64.6 Å². The predicted octanol–water partition coefficient (Wildman–Crippen LogP) is 2.17. The number of ether oxygens (including phenoxy) is 2. The second-order valence-electron chi connectivity index (χ2n) is 4.94. The van der Waals surface area contributed by atoms with Gasteiger partial charge in [-0.1, -0.05) is 17.7 Å². The standard InChI is InChI=1S/C16H23NO4S/c1-11-5-7-14(8-6-11)22-13(3)16(19)21-12(2)15(18)17-9-10-20-4/h5-8,12-13H,9-10H2,1-4H3,(H,17,18)/t12-,13+/m0/s1. The molecule has 6 heteroatoms. The molecule has 0 aliphatic rings. The molecule has 1 amide bonds. The molecule has 2 atom stereocenters. The number of carbonyl (C=O) groups is 2. The van der Waals surface area contributed by atoms with Gasteiger partial charge in [0.25, 0.3) is 5.91 Å². The largest absolute Gasteiger partial charge is 0.452 e. The Hall–Kier alpha value is -1.53. The SMILES string of the molecule is COCCNC(=O)[C@H](C)OC(=O)[C@@H](C)Sc1ccc(C)cc1. The van der Waals surface area contributed by atoms with E-state index in [9.17, 15) is 9.59 Å². The summed E-state index contributed by atoms with van der Waals surface area (Å²) in [6, 6.07) is 7.91. The maximum Gasteiger partial charge on any atom is 0.319 e. The van der Waals surface area contributed by atoms with E-state index < -0.39 is 12.1 Å². The number of esters is 1. The fraction of sp³-hybridized carbons (Fsp3) is 0.500. The van der Waals surface area contributed by atoms with Crippen molar-refractivity contribution in [1.82, 2.24) is 5.32 Å². The van der Waals surface area contributed by atoms with Crippen LogP contribution in [0.3, 0.4) is 0 Å². The smallest absolute Gasteiger partial charge is 0.319 e. The van der Waals surface area contributed by atoms with Crippen LogP contribution >= 0.6 is 11.8 Å². The Morgan fingerprint density at radius 2 is 1.86 bits per heavy atom. The molecule has 0 aromatic heterocycles. The number of nitrogens with one attached hydrogen (secondary N) is 1. The molecule has 0 aliphatic carbocycles. The molecule has 0 fully saturated rings. The third-order valence-electron chi connectivity index (χ3n) is 2.93. The number of thioether (sulfide) groups is 1. The van der Waals surface area contributed by atoms with Gasteiger partial charge in [-0.05, 0) is 32.9 Å². The molecule has 1 aromatic rings. The Morgan fingerprint density at radius 1 is 1.23 bits per heavy atom. The average molecular weight is 325 g/mol. The van der Waals surface area contributed by atoms with Gasteiger partial charge in [0.1, 0.15) is 5.25 Å². The lowest BCUT2D eigenvalue weighted by atomic mass is 10.2. The van der Waals surface area contributed by atoms with Gasteiger partial charge >= 0.3 is 5.97 Å². The highest BCUT2D eigenvalue weighted by atomic mass is 32.2. The van der Waals surface area contributed by atoms with Crippen LogP contribution in [0.1, 0.15) is 19.4 Å². The van der Waals surface area contributed by atoms with Crippen LogP contribution in [-0.2, 0) is 19.1 Å². The summed E-state index contributed by atoms with van der Waals surface area (Å²) in [6.45, 7) is 6.15. The lowest BCUT2D eigenvalue weighted by Gasteiger charge is -2.16. The fourth-order valence-electron chi connectivity index (χ4n) is 1.61. The number of aryl methyl sites for hydroxylation is 1. The third kappa shape index (κ3) is 6.49. The van der Waals surface area contributed by atoms with Crippen LogP contribution in [0.4, 0.5) is 0 Å². The highest BCUT2D eigenvalue weighted by molar-refractivity contribution is 8.00. The molecule has 0 heterocycles.